The van der Waals surface area contributed by atoms with Crippen molar-refractivity contribution in [1.82, 2.24) is 4.31 Å². The van der Waals surface area contributed by atoms with Crippen LogP contribution in [0.5, 0.6) is 0 Å². The first kappa shape index (κ1) is 14.4. The second-order valence-electron chi connectivity index (χ2n) is 4.75. The molecule has 1 aromatic rings. The lowest BCUT2D eigenvalue weighted by Gasteiger charge is -2.16. The number of benzene rings is 1. The van der Waals surface area contributed by atoms with Crippen LogP contribution in [-0.4, -0.2) is 34.7 Å². The zero-order chi connectivity index (χ0) is 14.3. The highest BCUT2D eigenvalue weighted by molar-refractivity contribution is 7.89. The van der Waals surface area contributed by atoms with Gasteiger partial charge in [-0.15, -0.1) is 0 Å². The normalized spacial score (nSPS) is 16.8. The Kier molecular flexibility index (Phi) is 3.69. The van der Waals surface area contributed by atoms with Crippen LogP contribution >= 0.6 is 0 Å². The van der Waals surface area contributed by atoms with Crippen molar-refractivity contribution in [3.8, 4) is 0 Å². The second-order valence-corrected chi connectivity index (χ2v) is 8.35. The van der Waals surface area contributed by atoms with Crippen LogP contribution in [0, 0.1) is 5.92 Å². The molecule has 1 aliphatic rings. The van der Waals surface area contributed by atoms with E-state index in [0.717, 1.165) is 12.8 Å². The Bertz CT molecular complexity index is 661. The van der Waals surface area contributed by atoms with E-state index >= 15 is 0 Å². The maximum atomic E-state index is 12.2. The first-order chi connectivity index (χ1) is 8.71. The molecular weight excluding hydrogens is 288 g/mol. The Labute approximate surface area is 113 Å². The molecule has 19 heavy (non-hydrogen) atoms. The van der Waals surface area contributed by atoms with Crippen molar-refractivity contribution in [2.75, 3.05) is 13.6 Å². The van der Waals surface area contributed by atoms with Gasteiger partial charge in [0, 0.05) is 13.6 Å². The molecule has 0 aliphatic heterocycles. The van der Waals surface area contributed by atoms with E-state index < -0.39 is 20.0 Å². The second kappa shape index (κ2) is 4.86. The van der Waals surface area contributed by atoms with Gasteiger partial charge in [-0.05, 0) is 43.0 Å². The zero-order valence-corrected chi connectivity index (χ0v) is 12.1. The van der Waals surface area contributed by atoms with E-state index in [1.165, 1.54) is 35.6 Å². The molecule has 0 amide bonds. The van der Waals surface area contributed by atoms with Crippen molar-refractivity contribution in [3.63, 3.8) is 0 Å². The van der Waals surface area contributed by atoms with E-state index in [0.29, 0.717) is 12.5 Å². The minimum Gasteiger partial charge on any atom is -0.225 e. The fraction of sp³-hybridized carbons (Fsp3) is 0.455. The molecule has 0 unspecified atom stereocenters. The average Bonchev–Trinajstić information content (AvgIpc) is 3.12. The molecule has 0 radical (unpaired) electrons. The topological polar surface area (TPSA) is 97.5 Å². The smallest absolute Gasteiger partial charge is 0.225 e. The predicted molar refractivity (Wildman–Crippen MR) is 70.4 cm³/mol. The van der Waals surface area contributed by atoms with Gasteiger partial charge in [-0.3, -0.25) is 0 Å². The van der Waals surface area contributed by atoms with Gasteiger partial charge in [0.2, 0.25) is 20.0 Å². The van der Waals surface area contributed by atoms with Gasteiger partial charge in [-0.1, -0.05) is 0 Å². The summed E-state index contributed by atoms with van der Waals surface area (Å²) in [5, 5.41) is 4.96. The van der Waals surface area contributed by atoms with Gasteiger partial charge in [0.15, 0.2) is 0 Å². The molecule has 8 heteroatoms. The molecule has 1 aliphatic carbocycles. The fourth-order valence-electron chi connectivity index (χ4n) is 1.74. The molecule has 0 atom stereocenters. The Balaban J connectivity index is 2.25. The monoisotopic (exact) mass is 304 g/mol. The lowest BCUT2D eigenvalue weighted by Crippen LogP contribution is -2.29. The minimum atomic E-state index is -3.80. The Morgan fingerprint density at radius 2 is 1.58 bits per heavy atom. The third kappa shape index (κ3) is 3.33. The van der Waals surface area contributed by atoms with E-state index in [1.807, 2.05) is 0 Å². The first-order valence-electron chi connectivity index (χ1n) is 5.80. The number of hydrogen-bond donors (Lipinski definition) is 1. The molecular formula is C11H16N2O4S2. The maximum absolute atomic E-state index is 12.2. The Hall–Kier alpha value is -0.960. The zero-order valence-electron chi connectivity index (χ0n) is 10.5. The van der Waals surface area contributed by atoms with E-state index in [9.17, 15) is 16.8 Å². The third-order valence-electron chi connectivity index (χ3n) is 3.07. The molecule has 1 fully saturated rings. The van der Waals surface area contributed by atoms with Crippen LogP contribution in [-0.2, 0) is 20.0 Å². The maximum Gasteiger partial charge on any atom is 0.242 e. The number of nitrogens with zero attached hydrogens (tertiary/aromatic N) is 1. The third-order valence-corrected chi connectivity index (χ3v) is 5.84. The lowest BCUT2D eigenvalue weighted by molar-refractivity contribution is 0.453. The predicted octanol–water partition coefficient (Wildman–Crippen LogP) is 0.365. The standard InChI is InChI=1S/C11H16N2O4S2/c1-13(8-9-2-3-9)19(16,17)11-6-4-10(5-7-11)18(12,14)15/h4-7,9H,2-3,8H2,1H3,(H2,12,14,15). The van der Waals surface area contributed by atoms with E-state index in [-0.39, 0.29) is 9.79 Å². The summed E-state index contributed by atoms with van der Waals surface area (Å²) < 4.78 is 47.9. The van der Waals surface area contributed by atoms with Crippen molar-refractivity contribution in [2.24, 2.45) is 11.1 Å². The first-order valence-corrected chi connectivity index (χ1v) is 8.79. The summed E-state index contributed by atoms with van der Waals surface area (Å²) in [5.41, 5.74) is 0. The van der Waals surface area contributed by atoms with Gasteiger partial charge in [-0.2, -0.15) is 0 Å². The summed E-state index contributed by atoms with van der Waals surface area (Å²) in [7, 11) is -5.83. The summed E-state index contributed by atoms with van der Waals surface area (Å²) in [4.78, 5) is -0.0284. The molecule has 1 saturated carbocycles. The van der Waals surface area contributed by atoms with E-state index in [2.05, 4.69) is 0 Å². The Morgan fingerprint density at radius 1 is 1.11 bits per heavy atom. The highest BCUT2D eigenvalue weighted by Crippen LogP contribution is 2.31. The van der Waals surface area contributed by atoms with Crippen LogP contribution in [0.1, 0.15) is 12.8 Å². The van der Waals surface area contributed by atoms with E-state index in [4.69, 9.17) is 5.14 Å². The largest absolute Gasteiger partial charge is 0.242 e. The van der Waals surface area contributed by atoms with Crippen LogP contribution < -0.4 is 5.14 Å². The van der Waals surface area contributed by atoms with Crippen molar-refractivity contribution in [2.45, 2.75) is 22.6 Å². The summed E-state index contributed by atoms with van der Waals surface area (Å²) in [6, 6.07) is 4.93. The van der Waals surface area contributed by atoms with Crippen LogP contribution in [0.25, 0.3) is 0 Å². The highest BCUT2D eigenvalue weighted by atomic mass is 32.2. The Morgan fingerprint density at radius 3 is 2.00 bits per heavy atom. The summed E-state index contributed by atoms with van der Waals surface area (Å²) in [6.45, 7) is 0.499. The van der Waals surface area contributed by atoms with Gasteiger partial charge in [0.25, 0.3) is 0 Å². The molecule has 0 bridgehead atoms. The molecule has 6 nitrogen and oxygen atoms in total. The van der Waals surface area contributed by atoms with Gasteiger partial charge in [-0.25, -0.2) is 26.3 Å². The lowest BCUT2D eigenvalue weighted by atomic mass is 10.4. The number of nitrogens with two attached hydrogens (primary N) is 1. The molecule has 106 valence electrons. The molecule has 0 saturated heterocycles. The summed E-state index contributed by atoms with van der Waals surface area (Å²) in [5.74, 6) is 0.448. The molecule has 2 rings (SSSR count). The quantitative estimate of drug-likeness (QED) is 0.849. The summed E-state index contributed by atoms with van der Waals surface area (Å²) >= 11 is 0. The summed E-state index contributed by atoms with van der Waals surface area (Å²) in [6.07, 6.45) is 2.12. The van der Waals surface area contributed by atoms with Crippen LogP contribution in [0.15, 0.2) is 34.1 Å². The van der Waals surface area contributed by atoms with Gasteiger partial charge in [0.1, 0.15) is 0 Å². The average molecular weight is 304 g/mol. The van der Waals surface area contributed by atoms with Gasteiger partial charge in [0.05, 0.1) is 9.79 Å². The van der Waals surface area contributed by atoms with Crippen molar-refractivity contribution in [1.29, 1.82) is 0 Å². The fourth-order valence-corrected chi connectivity index (χ4v) is 3.51. The van der Waals surface area contributed by atoms with Crippen LogP contribution in [0.4, 0.5) is 0 Å². The van der Waals surface area contributed by atoms with Crippen molar-refractivity contribution in [3.05, 3.63) is 24.3 Å². The van der Waals surface area contributed by atoms with E-state index in [1.54, 1.807) is 0 Å². The van der Waals surface area contributed by atoms with Gasteiger partial charge < -0.3 is 0 Å². The molecule has 0 aromatic heterocycles. The van der Waals surface area contributed by atoms with Crippen LogP contribution in [0.3, 0.4) is 0 Å². The van der Waals surface area contributed by atoms with Crippen LogP contribution in [0.2, 0.25) is 0 Å². The van der Waals surface area contributed by atoms with Crippen molar-refractivity contribution >= 4 is 20.0 Å². The number of rotatable bonds is 5. The molecule has 2 N–H and O–H groups in total. The molecule has 0 heterocycles. The molecule has 0 spiro atoms. The number of hydrogen-bond acceptors (Lipinski definition) is 4. The van der Waals surface area contributed by atoms with Crippen molar-refractivity contribution < 1.29 is 16.8 Å². The van der Waals surface area contributed by atoms with Gasteiger partial charge >= 0.3 is 0 Å². The highest BCUT2D eigenvalue weighted by Gasteiger charge is 2.29. The minimum absolute atomic E-state index is 0.0723. The number of primary sulfonamides is 1. The molecule has 1 aromatic carbocycles. The number of sulfonamides is 2. The SMILES string of the molecule is CN(CC1CC1)S(=O)(=O)c1ccc(S(N)(=O)=O)cc1.